The van der Waals surface area contributed by atoms with E-state index in [0.717, 1.165) is 77.0 Å². The first-order chi connectivity index (χ1) is 28.4. The van der Waals surface area contributed by atoms with Crippen LogP contribution in [-0.2, 0) is 32.7 Å². The minimum Gasteiger partial charge on any atom is -0.462 e. The van der Waals surface area contributed by atoms with Crippen molar-refractivity contribution in [1.82, 2.24) is 0 Å². The number of hydrogen-bond acceptors (Lipinski definition) is 12. The second kappa shape index (κ2) is 35.2. The highest BCUT2D eigenvalue weighted by atomic mass is 31.2. The van der Waals surface area contributed by atoms with Crippen LogP contribution in [0.1, 0.15) is 155 Å². The molecule has 0 radical (unpaired) electrons. The van der Waals surface area contributed by atoms with Gasteiger partial charge in [-0.3, -0.25) is 18.6 Å². The predicted molar refractivity (Wildman–Crippen MR) is 230 cm³/mol. The van der Waals surface area contributed by atoms with Crippen LogP contribution in [-0.4, -0.2) is 98.3 Å². The largest absolute Gasteiger partial charge is 0.472 e. The number of phosphoric ester groups is 1. The Morgan fingerprint density at radius 2 is 0.983 bits per heavy atom. The van der Waals surface area contributed by atoms with Crippen molar-refractivity contribution in [3.8, 4) is 0 Å². The molecule has 59 heavy (non-hydrogen) atoms. The van der Waals surface area contributed by atoms with E-state index in [1.807, 2.05) is 36.5 Å². The van der Waals surface area contributed by atoms with E-state index in [1.165, 1.54) is 38.5 Å². The van der Waals surface area contributed by atoms with Gasteiger partial charge in [-0.2, -0.15) is 0 Å². The van der Waals surface area contributed by atoms with Crippen LogP contribution in [0, 0.1) is 0 Å². The van der Waals surface area contributed by atoms with Crippen LogP contribution in [0.4, 0.5) is 0 Å². The maximum absolute atomic E-state index is 12.8. The van der Waals surface area contributed by atoms with Gasteiger partial charge in [0.25, 0.3) is 0 Å². The summed E-state index contributed by atoms with van der Waals surface area (Å²) in [5, 5.41) is 50.1. The van der Waals surface area contributed by atoms with Crippen LogP contribution in [0.3, 0.4) is 0 Å². The molecule has 0 aromatic carbocycles. The fourth-order valence-corrected chi connectivity index (χ4v) is 7.32. The monoisotopic (exact) mass is 857 g/mol. The van der Waals surface area contributed by atoms with E-state index in [1.54, 1.807) is 0 Å². The van der Waals surface area contributed by atoms with E-state index in [4.69, 9.17) is 18.5 Å². The maximum Gasteiger partial charge on any atom is 0.472 e. The number of allylic oxidation sites excluding steroid dienone is 10. The molecule has 0 aromatic rings. The third kappa shape index (κ3) is 27.9. The zero-order valence-corrected chi connectivity index (χ0v) is 36.7. The molecular weight excluding hydrogens is 779 g/mol. The van der Waals surface area contributed by atoms with Crippen LogP contribution in [0.25, 0.3) is 0 Å². The molecule has 1 rings (SSSR count). The molecule has 0 spiro atoms. The molecule has 0 aromatic heterocycles. The summed E-state index contributed by atoms with van der Waals surface area (Å²) in [6.07, 6.45) is 28.5. The third-order valence-corrected chi connectivity index (χ3v) is 10.9. The van der Waals surface area contributed by atoms with Gasteiger partial charge in [-0.1, -0.05) is 145 Å². The van der Waals surface area contributed by atoms with Crippen LogP contribution in [0.15, 0.2) is 60.8 Å². The minimum absolute atomic E-state index is 0.0786. The average molecular weight is 857 g/mol. The minimum atomic E-state index is -5.13. The SMILES string of the molecule is CC/C=C/C=C/C=C/C=C/CCCCCCCC(=O)OC[C@H](COP(=O)(O)OC1C(O)C(O)C(O)[C@@H](O)C1O)OC(=O)CCCCCCC/C=C/CCCCCCCC. The fraction of sp³-hybridized carbons (Fsp3) is 0.733. The molecule has 1 saturated carbocycles. The van der Waals surface area contributed by atoms with Gasteiger partial charge in [0.1, 0.15) is 43.2 Å². The first-order valence-electron chi connectivity index (χ1n) is 22.1. The molecule has 6 N–H and O–H groups in total. The molecule has 8 atom stereocenters. The van der Waals surface area contributed by atoms with E-state index in [-0.39, 0.29) is 12.8 Å². The summed E-state index contributed by atoms with van der Waals surface area (Å²) in [6.45, 7) is 3.11. The van der Waals surface area contributed by atoms with Gasteiger partial charge < -0.3 is 39.9 Å². The van der Waals surface area contributed by atoms with E-state index < -0.39 is 75.7 Å². The summed E-state index contributed by atoms with van der Waals surface area (Å²) in [4.78, 5) is 35.6. The normalized spacial score (nSPS) is 22.9. The van der Waals surface area contributed by atoms with Crippen molar-refractivity contribution in [2.45, 2.75) is 198 Å². The van der Waals surface area contributed by atoms with E-state index in [9.17, 15) is 44.6 Å². The highest BCUT2D eigenvalue weighted by molar-refractivity contribution is 7.47. The maximum atomic E-state index is 12.8. The number of esters is 2. The summed E-state index contributed by atoms with van der Waals surface area (Å²) in [5.74, 6) is -1.14. The molecular formula is C45H77O13P. The Hall–Kier alpha value is -2.45. The Labute approximate surface area is 353 Å². The summed E-state index contributed by atoms with van der Waals surface area (Å²) < 4.78 is 33.4. The Morgan fingerprint density at radius 3 is 1.53 bits per heavy atom. The second-order valence-corrected chi connectivity index (χ2v) is 16.7. The smallest absolute Gasteiger partial charge is 0.462 e. The summed E-state index contributed by atoms with van der Waals surface area (Å²) in [6, 6.07) is 0. The lowest BCUT2D eigenvalue weighted by Crippen LogP contribution is -2.64. The molecule has 1 aliphatic carbocycles. The Kier molecular flexibility index (Phi) is 32.5. The number of ether oxygens (including phenoxy) is 2. The van der Waals surface area contributed by atoms with E-state index >= 15 is 0 Å². The van der Waals surface area contributed by atoms with Crippen molar-refractivity contribution in [1.29, 1.82) is 0 Å². The lowest BCUT2D eigenvalue weighted by atomic mass is 9.85. The van der Waals surface area contributed by atoms with Gasteiger partial charge >= 0.3 is 19.8 Å². The summed E-state index contributed by atoms with van der Waals surface area (Å²) in [5.41, 5.74) is 0. The zero-order chi connectivity index (χ0) is 43.6. The number of unbranched alkanes of at least 4 members (excludes halogenated alkanes) is 16. The van der Waals surface area contributed by atoms with Crippen LogP contribution >= 0.6 is 7.82 Å². The topological polar surface area (TPSA) is 210 Å². The van der Waals surface area contributed by atoms with E-state index in [2.05, 4.69) is 38.2 Å². The van der Waals surface area contributed by atoms with Crippen LogP contribution in [0.5, 0.6) is 0 Å². The highest BCUT2D eigenvalue weighted by Crippen LogP contribution is 2.47. The molecule has 0 bridgehead atoms. The number of aliphatic hydroxyl groups is 5. The Balaban J connectivity index is 2.51. The molecule has 6 unspecified atom stereocenters. The summed E-state index contributed by atoms with van der Waals surface area (Å²) in [7, 11) is -5.13. The quantitative estimate of drug-likeness (QED) is 0.0117. The first-order valence-corrected chi connectivity index (χ1v) is 23.6. The molecule has 0 amide bonds. The van der Waals surface area contributed by atoms with Gasteiger partial charge in [0.05, 0.1) is 6.61 Å². The third-order valence-electron chi connectivity index (χ3n) is 9.94. The molecule has 0 saturated heterocycles. The zero-order valence-electron chi connectivity index (χ0n) is 35.8. The number of carbonyl (C=O) groups excluding carboxylic acids is 2. The molecule has 0 heterocycles. The average Bonchev–Trinajstić information content (AvgIpc) is 3.21. The van der Waals surface area contributed by atoms with Gasteiger partial charge in [-0.15, -0.1) is 0 Å². The van der Waals surface area contributed by atoms with Crippen molar-refractivity contribution in [3.63, 3.8) is 0 Å². The summed E-state index contributed by atoms with van der Waals surface area (Å²) >= 11 is 0. The van der Waals surface area contributed by atoms with Crippen molar-refractivity contribution in [3.05, 3.63) is 60.8 Å². The Bertz CT molecular complexity index is 1270. The standard InChI is InChI=1S/C45H77O13P/c1-3-5-7-9-11-13-15-17-19-21-23-25-27-29-31-33-38(46)55-35-37(36-56-59(53,54)58-45-43(51)41(49)40(48)42(50)44(45)52)57-39(47)34-32-30-28-26-24-22-20-18-16-14-12-10-8-6-4-2/h5,7,9,11,13,15,17-20,37,40-45,48-52H,3-4,6,8,10,12,14,16,21-36H2,1-2H3,(H,53,54)/b7-5+,11-9+,15-13+,19-17+,20-18+/t37-,40?,41-,42?,43?,44?,45?/m1/s1. The second-order valence-electron chi connectivity index (χ2n) is 15.3. The molecule has 340 valence electrons. The Morgan fingerprint density at radius 1 is 0.542 bits per heavy atom. The molecule has 0 aliphatic heterocycles. The molecule has 14 heteroatoms. The van der Waals surface area contributed by atoms with Crippen LogP contribution < -0.4 is 0 Å². The van der Waals surface area contributed by atoms with Crippen molar-refractivity contribution < 1.29 is 63.1 Å². The first kappa shape index (κ1) is 54.6. The number of phosphoric acid groups is 1. The van der Waals surface area contributed by atoms with Crippen LogP contribution in [0.2, 0.25) is 0 Å². The predicted octanol–water partition coefficient (Wildman–Crippen LogP) is 8.16. The lowest BCUT2D eigenvalue weighted by Gasteiger charge is -2.41. The molecule has 13 nitrogen and oxygen atoms in total. The van der Waals surface area contributed by atoms with Gasteiger partial charge in [0.15, 0.2) is 6.10 Å². The van der Waals surface area contributed by atoms with Crippen molar-refractivity contribution >= 4 is 19.8 Å². The van der Waals surface area contributed by atoms with Crippen molar-refractivity contribution in [2.75, 3.05) is 13.2 Å². The van der Waals surface area contributed by atoms with E-state index in [0.29, 0.717) is 12.8 Å². The van der Waals surface area contributed by atoms with Gasteiger partial charge in [-0.05, 0) is 57.8 Å². The number of aliphatic hydroxyl groups excluding tert-OH is 5. The van der Waals surface area contributed by atoms with Gasteiger partial charge in [-0.25, -0.2) is 4.57 Å². The number of hydrogen-bond donors (Lipinski definition) is 6. The van der Waals surface area contributed by atoms with Gasteiger partial charge in [0, 0.05) is 12.8 Å². The number of carbonyl (C=O) groups is 2. The fourth-order valence-electron chi connectivity index (χ4n) is 6.35. The molecule has 1 fully saturated rings. The molecule has 1 aliphatic rings. The van der Waals surface area contributed by atoms with Crippen molar-refractivity contribution in [2.24, 2.45) is 0 Å². The highest BCUT2D eigenvalue weighted by Gasteiger charge is 2.51. The lowest BCUT2D eigenvalue weighted by molar-refractivity contribution is -0.220. The van der Waals surface area contributed by atoms with Gasteiger partial charge in [0.2, 0.25) is 0 Å². The number of rotatable bonds is 35.